The predicted molar refractivity (Wildman–Crippen MR) is 89.0 cm³/mol. The average Bonchev–Trinajstić information content (AvgIpc) is 2.51. The Morgan fingerprint density at radius 3 is 2.36 bits per heavy atom. The molecule has 0 aromatic carbocycles. The Bertz CT molecular complexity index is 500. The number of aliphatic hydroxyl groups is 1. The second-order valence-corrected chi connectivity index (χ2v) is 7.25. The van der Waals surface area contributed by atoms with Gasteiger partial charge in [0.2, 0.25) is 0 Å². The molecular formula is C17H29NO7. The first-order valence-electron chi connectivity index (χ1n) is 8.64. The molecule has 0 radical (unpaired) electrons. The van der Waals surface area contributed by atoms with Crippen LogP contribution in [0.25, 0.3) is 0 Å². The number of ether oxygens (including phenoxy) is 2. The van der Waals surface area contributed by atoms with Crippen LogP contribution in [0.4, 0.5) is 4.79 Å². The fourth-order valence-corrected chi connectivity index (χ4v) is 2.78. The van der Waals surface area contributed by atoms with Crippen molar-refractivity contribution in [2.75, 3.05) is 13.2 Å². The van der Waals surface area contributed by atoms with Crippen molar-refractivity contribution >= 4 is 18.0 Å². The summed E-state index contributed by atoms with van der Waals surface area (Å²) in [6, 6.07) is -0.288. The number of carboxylic acids is 1. The summed E-state index contributed by atoms with van der Waals surface area (Å²) < 4.78 is 10.1. The highest BCUT2D eigenvalue weighted by atomic mass is 16.6. The summed E-state index contributed by atoms with van der Waals surface area (Å²) >= 11 is 0. The summed E-state index contributed by atoms with van der Waals surface area (Å²) in [4.78, 5) is 37.1. The Morgan fingerprint density at radius 2 is 1.84 bits per heavy atom. The number of nitrogens with zero attached hydrogens (tertiary/aromatic N) is 1. The number of carbonyl (C=O) groups is 3. The molecule has 0 aromatic heterocycles. The van der Waals surface area contributed by atoms with Crippen LogP contribution >= 0.6 is 0 Å². The molecule has 8 heteroatoms. The topological polar surface area (TPSA) is 113 Å². The van der Waals surface area contributed by atoms with E-state index in [2.05, 4.69) is 4.74 Å². The molecule has 1 unspecified atom stereocenters. The molecule has 8 nitrogen and oxygen atoms in total. The smallest absolute Gasteiger partial charge is 0.410 e. The molecule has 25 heavy (non-hydrogen) atoms. The molecule has 1 aliphatic rings. The summed E-state index contributed by atoms with van der Waals surface area (Å²) in [5.41, 5.74) is -3.24. The van der Waals surface area contributed by atoms with Gasteiger partial charge in [-0.15, -0.1) is 0 Å². The van der Waals surface area contributed by atoms with Crippen LogP contribution in [-0.4, -0.2) is 63.5 Å². The van der Waals surface area contributed by atoms with Crippen LogP contribution in [0.3, 0.4) is 0 Å². The van der Waals surface area contributed by atoms with Gasteiger partial charge in [-0.2, -0.15) is 0 Å². The van der Waals surface area contributed by atoms with Gasteiger partial charge in [-0.25, -0.2) is 14.4 Å². The molecule has 1 fully saturated rings. The highest BCUT2D eigenvalue weighted by molar-refractivity contribution is 6.02. The van der Waals surface area contributed by atoms with Crippen molar-refractivity contribution in [1.29, 1.82) is 0 Å². The van der Waals surface area contributed by atoms with Crippen molar-refractivity contribution < 1.29 is 34.1 Å². The molecule has 1 aliphatic heterocycles. The van der Waals surface area contributed by atoms with Crippen LogP contribution in [0.5, 0.6) is 0 Å². The van der Waals surface area contributed by atoms with E-state index in [1.54, 1.807) is 25.7 Å². The van der Waals surface area contributed by atoms with Crippen molar-refractivity contribution in [1.82, 2.24) is 4.90 Å². The van der Waals surface area contributed by atoms with Crippen LogP contribution in [0, 0.1) is 0 Å². The second kappa shape index (κ2) is 8.51. The maximum absolute atomic E-state index is 12.4. The number of likely N-dealkylation sites (tertiary alicyclic amines) is 1. The summed E-state index contributed by atoms with van der Waals surface area (Å²) in [5.74, 6) is -2.83. The van der Waals surface area contributed by atoms with Crippen molar-refractivity contribution in [2.24, 2.45) is 0 Å². The Hall–Kier alpha value is -1.83. The maximum atomic E-state index is 12.4. The monoisotopic (exact) mass is 359 g/mol. The molecule has 0 bridgehead atoms. The number of rotatable bonds is 6. The molecule has 0 aromatic rings. The van der Waals surface area contributed by atoms with Crippen LogP contribution in [0.15, 0.2) is 0 Å². The zero-order valence-corrected chi connectivity index (χ0v) is 15.4. The number of amides is 1. The standard InChI is InChI=1S/C17H29NO7/c1-5-24-14(21)17(23,13(19)20)10-9-12-8-6-7-11-18(12)15(22)25-16(2,3)4/h12,23H,5-11H2,1-4H3,(H,19,20)/t12?,17-/m0/s1. The molecule has 0 aliphatic carbocycles. The first kappa shape index (κ1) is 21.2. The van der Waals surface area contributed by atoms with Gasteiger partial charge in [0.1, 0.15) is 5.60 Å². The Labute approximate surface area is 148 Å². The van der Waals surface area contributed by atoms with E-state index in [0.29, 0.717) is 13.0 Å². The summed E-state index contributed by atoms with van der Waals surface area (Å²) in [7, 11) is 0. The van der Waals surface area contributed by atoms with E-state index >= 15 is 0 Å². The Balaban J connectivity index is 2.81. The van der Waals surface area contributed by atoms with Gasteiger partial charge in [-0.1, -0.05) is 0 Å². The highest BCUT2D eigenvalue weighted by Crippen LogP contribution is 2.26. The van der Waals surface area contributed by atoms with Crippen molar-refractivity contribution in [3.63, 3.8) is 0 Å². The van der Waals surface area contributed by atoms with Gasteiger partial charge < -0.3 is 24.6 Å². The fourth-order valence-electron chi connectivity index (χ4n) is 2.78. The number of hydrogen-bond acceptors (Lipinski definition) is 6. The van der Waals surface area contributed by atoms with Crippen LogP contribution in [0.1, 0.15) is 59.8 Å². The average molecular weight is 359 g/mol. The van der Waals surface area contributed by atoms with Gasteiger partial charge in [0.15, 0.2) is 0 Å². The lowest BCUT2D eigenvalue weighted by Gasteiger charge is -2.37. The lowest BCUT2D eigenvalue weighted by atomic mass is 9.91. The molecule has 1 heterocycles. The fraction of sp³-hybridized carbons (Fsp3) is 0.824. The van der Waals surface area contributed by atoms with Crippen LogP contribution in [0.2, 0.25) is 0 Å². The summed E-state index contributed by atoms with van der Waals surface area (Å²) in [5, 5.41) is 19.5. The third-order valence-electron chi connectivity index (χ3n) is 4.06. The van der Waals surface area contributed by atoms with Crippen LogP contribution < -0.4 is 0 Å². The number of piperidine rings is 1. The van der Waals surface area contributed by atoms with Crippen LogP contribution in [-0.2, 0) is 19.1 Å². The van der Waals surface area contributed by atoms with Gasteiger partial charge in [0, 0.05) is 19.0 Å². The van der Waals surface area contributed by atoms with E-state index in [-0.39, 0.29) is 25.5 Å². The summed E-state index contributed by atoms with van der Waals surface area (Å²) in [6.45, 7) is 7.33. The zero-order chi connectivity index (χ0) is 19.3. The van der Waals surface area contributed by atoms with Crippen molar-refractivity contribution in [2.45, 2.75) is 77.0 Å². The molecule has 2 N–H and O–H groups in total. The van der Waals surface area contributed by atoms with E-state index < -0.39 is 29.2 Å². The zero-order valence-electron chi connectivity index (χ0n) is 15.4. The third-order valence-corrected chi connectivity index (χ3v) is 4.06. The van der Waals surface area contributed by atoms with E-state index in [0.717, 1.165) is 12.8 Å². The first-order valence-corrected chi connectivity index (χ1v) is 8.64. The van der Waals surface area contributed by atoms with Crippen molar-refractivity contribution in [3.8, 4) is 0 Å². The van der Waals surface area contributed by atoms with Gasteiger partial charge in [-0.05, 0) is 53.4 Å². The number of esters is 1. The lowest BCUT2D eigenvalue weighted by Crippen LogP contribution is -2.51. The normalized spacial score (nSPS) is 20.5. The minimum absolute atomic E-state index is 0.0259. The molecule has 1 saturated heterocycles. The van der Waals surface area contributed by atoms with E-state index in [1.807, 2.05) is 0 Å². The van der Waals surface area contributed by atoms with E-state index in [4.69, 9.17) is 4.74 Å². The second-order valence-electron chi connectivity index (χ2n) is 7.25. The molecule has 1 amide bonds. The lowest BCUT2D eigenvalue weighted by molar-refractivity contribution is -0.181. The molecule has 1 rings (SSSR count). The SMILES string of the molecule is CCOC(=O)[C@](O)(CCC1CCCCN1C(=O)OC(C)(C)C)C(=O)O. The number of carboxylic acid groups (broad SMARTS) is 1. The Kier molecular flexibility index (Phi) is 7.22. The van der Waals surface area contributed by atoms with Crippen molar-refractivity contribution in [3.05, 3.63) is 0 Å². The minimum atomic E-state index is -2.60. The molecule has 0 saturated carbocycles. The number of aliphatic carboxylic acids is 1. The largest absolute Gasteiger partial charge is 0.479 e. The quantitative estimate of drug-likeness (QED) is 0.550. The maximum Gasteiger partial charge on any atom is 0.410 e. The first-order chi connectivity index (χ1) is 11.5. The van der Waals surface area contributed by atoms with Gasteiger partial charge in [0.25, 0.3) is 5.60 Å². The minimum Gasteiger partial charge on any atom is -0.479 e. The number of hydrogen-bond donors (Lipinski definition) is 2. The predicted octanol–water partition coefficient (Wildman–Crippen LogP) is 1.93. The summed E-state index contributed by atoms with van der Waals surface area (Å²) in [6.07, 6.45) is 1.75. The molecule has 0 spiro atoms. The molecular weight excluding hydrogens is 330 g/mol. The van der Waals surface area contributed by atoms with Gasteiger partial charge in [0.05, 0.1) is 6.61 Å². The van der Waals surface area contributed by atoms with E-state index in [9.17, 15) is 24.6 Å². The number of carbonyl (C=O) groups excluding carboxylic acids is 2. The molecule has 144 valence electrons. The van der Waals surface area contributed by atoms with Gasteiger partial charge in [-0.3, -0.25) is 0 Å². The van der Waals surface area contributed by atoms with Gasteiger partial charge >= 0.3 is 18.0 Å². The van der Waals surface area contributed by atoms with E-state index in [1.165, 1.54) is 6.92 Å². The highest BCUT2D eigenvalue weighted by Gasteiger charge is 2.46. The Morgan fingerprint density at radius 1 is 1.20 bits per heavy atom. The third kappa shape index (κ3) is 5.88. The molecule has 2 atom stereocenters.